The van der Waals surface area contributed by atoms with Gasteiger partial charge in [0.05, 0.1) is 35.1 Å². The molecule has 0 aromatic rings. The van der Waals surface area contributed by atoms with Crippen LogP contribution < -0.4 is 0 Å². The minimum atomic E-state index is -1.15. The number of rotatable bonds is 4. The Balaban J connectivity index is 1.51. The topological polar surface area (TPSA) is 116 Å². The van der Waals surface area contributed by atoms with Crippen molar-refractivity contribution in [2.75, 3.05) is 0 Å². The molecular weight excluding hydrogens is 472 g/mol. The highest BCUT2D eigenvalue weighted by molar-refractivity contribution is 5.95. The molecule has 0 spiro atoms. The Morgan fingerprint density at radius 2 is 1.70 bits per heavy atom. The monoisotopic (exact) mass is 520 g/mol. The van der Waals surface area contributed by atoms with Gasteiger partial charge in [0.25, 0.3) is 0 Å². The molecule has 7 nitrogen and oxygen atoms in total. The van der Waals surface area contributed by atoms with Gasteiger partial charge in [0, 0.05) is 11.3 Å². The van der Waals surface area contributed by atoms with Crippen molar-refractivity contribution in [2.45, 2.75) is 141 Å². The quantitative estimate of drug-likeness (QED) is 0.447. The third kappa shape index (κ3) is 4.02. The summed E-state index contributed by atoms with van der Waals surface area (Å²) in [7, 11) is 0. The largest absolute Gasteiger partial charge is 0.390 e. The maximum Gasteiger partial charge on any atom is 0.164 e. The lowest BCUT2D eigenvalue weighted by Gasteiger charge is -2.60. The van der Waals surface area contributed by atoms with Gasteiger partial charge in [0.2, 0.25) is 0 Å². The molecule has 210 valence electrons. The molecule has 37 heavy (non-hydrogen) atoms. The Morgan fingerprint density at radius 3 is 2.35 bits per heavy atom. The predicted molar refractivity (Wildman–Crippen MR) is 138 cm³/mol. The van der Waals surface area contributed by atoms with E-state index in [1.807, 2.05) is 27.7 Å². The maximum absolute atomic E-state index is 13.4. The molecule has 5 rings (SSSR count). The van der Waals surface area contributed by atoms with Crippen LogP contribution >= 0.6 is 0 Å². The van der Waals surface area contributed by atoms with Crippen molar-refractivity contribution in [2.24, 2.45) is 28.6 Å². The highest BCUT2D eigenvalue weighted by atomic mass is 16.8. The van der Waals surface area contributed by atoms with E-state index < -0.39 is 45.6 Å². The number of ketones is 1. The number of aliphatic hydroxyl groups is 4. The first kappa shape index (κ1) is 27.7. The van der Waals surface area contributed by atoms with E-state index in [2.05, 4.69) is 20.8 Å². The fourth-order valence-electron chi connectivity index (χ4n) is 9.49. The standard InChI is InChI=1S/C30H48O7/c1-25(2,34)11-10-24-29(7,37-26(3,4)36-24)23-9-13-30(35)18-14-20(31)19-15-21(32)22(33)16-27(19,5)17(18)8-12-28(23,30)6/h14,17,19,21-24,32-35H,8-13,15-16H2,1-7H3/t17-,19-,21?,22?,23-,24?,27+,28+,29+,30+/m0/s1. The van der Waals surface area contributed by atoms with Gasteiger partial charge in [-0.1, -0.05) is 13.8 Å². The minimum Gasteiger partial charge on any atom is -0.390 e. The lowest BCUT2D eigenvalue weighted by atomic mass is 9.45. The molecule has 4 fully saturated rings. The molecule has 0 aromatic heterocycles. The Kier molecular flexibility index (Phi) is 6.25. The maximum atomic E-state index is 13.4. The summed E-state index contributed by atoms with van der Waals surface area (Å²) in [5.74, 6) is -1.14. The van der Waals surface area contributed by atoms with E-state index in [0.717, 1.165) is 24.8 Å². The van der Waals surface area contributed by atoms with Crippen LogP contribution in [0, 0.1) is 28.6 Å². The number of carbonyl (C=O) groups is 1. The average Bonchev–Trinajstić information content (AvgIpc) is 3.17. The molecular formula is C30H48O7. The highest BCUT2D eigenvalue weighted by Crippen LogP contribution is 2.69. The van der Waals surface area contributed by atoms with Crippen LogP contribution in [0.1, 0.15) is 99.8 Å². The SMILES string of the molecule is CC(C)(O)CCC1OC(C)(C)O[C@]1(C)[C@H]1CC[C@@]2(O)C3=CC(=O)[C@@H]4CC(O)C(O)C[C@]4(C)[C@H]3CC[C@]12C. The molecule has 5 aliphatic rings. The lowest BCUT2D eigenvalue weighted by Crippen LogP contribution is -2.62. The number of carbonyl (C=O) groups excluding carboxylic acids is 1. The van der Waals surface area contributed by atoms with Crippen molar-refractivity contribution in [1.29, 1.82) is 0 Å². The van der Waals surface area contributed by atoms with Crippen LogP contribution in [-0.4, -0.2) is 67.1 Å². The Morgan fingerprint density at radius 1 is 1.03 bits per heavy atom. The van der Waals surface area contributed by atoms with E-state index in [1.165, 1.54) is 0 Å². The van der Waals surface area contributed by atoms with Crippen LogP contribution in [0.5, 0.6) is 0 Å². The van der Waals surface area contributed by atoms with Gasteiger partial charge in [-0.15, -0.1) is 0 Å². The van der Waals surface area contributed by atoms with Gasteiger partial charge in [-0.05, 0) is 115 Å². The number of ether oxygens (including phenoxy) is 2. The first-order valence-corrected chi connectivity index (χ1v) is 14.3. The van der Waals surface area contributed by atoms with E-state index in [4.69, 9.17) is 9.47 Å². The van der Waals surface area contributed by atoms with Crippen molar-refractivity contribution in [1.82, 2.24) is 0 Å². The summed E-state index contributed by atoms with van der Waals surface area (Å²) in [6.07, 6.45) is 4.51. The summed E-state index contributed by atoms with van der Waals surface area (Å²) in [5, 5.41) is 43.9. The fraction of sp³-hybridized carbons (Fsp3) is 0.900. The van der Waals surface area contributed by atoms with Crippen molar-refractivity contribution >= 4 is 5.78 Å². The second-order valence-electron chi connectivity index (χ2n) is 14.7. The van der Waals surface area contributed by atoms with Crippen LogP contribution in [-0.2, 0) is 14.3 Å². The highest BCUT2D eigenvalue weighted by Gasteiger charge is 2.71. The summed E-state index contributed by atoms with van der Waals surface area (Å²) >= 11 is 0. The lowest BCUT2D eigenvalue weighted by molar-refractivity contribution is -0.191. The molecule has 3 saturated carbocycles. The second kappa shape index (κ2) is 8.34. The van der Waals surface area contributed by atoms with Gasteiger partial charge in [0.15, 0.2) is 11.6 Å². The molecule has 10 atom stereocenters. The smallest absolute Gasteiger partial charge is 0.164 e. The van der Waals surface area contributed by atoms with Gasteiger partial charge >= 0.3 is 0 Å². The van der Waals surface area contributed by atoms with Crippen LogP contribution in [0.15, 0.2) is 11.6 Å². The van der Waals surface area contributed by atoms with E-state index >= 15 is 0 Å². The van der Waals surface area contributed by atoms with Crippen LogP contribution in [0.2, 0.25) is 0 Å². The average molecular weight is 521 g/mol. The predicted octanol–water partition coefficient (Wildman–Crippen LogP) is 3.65. The van der Waals surface area contributed by atoms with Gasteiger partial charge < -0.3 is 29.9 Å². The van der Waals surface area contributed by atoms with E-state index in [0.29, 0.717) is 25.7 Å². The molecule has 0 aromatic carbocycles. The first-order chi connectivity index (χ1) is 16.9. The molecule has 4 N–H and O–H groups in total. The van der Waals surface area contributed by atoms with Crippen molar-refractivity contribution in [3.8, 4) is 0 Å². The summed E-state index contributed by atoms with van der Waals surface area (Å²) in [4.78, 5) is 13.4. The normalized spacial score (nSPS) is 51.3. The molecule has 0 radical (unpaired) electrons. The first-order valence-electron chi connectivity index (χ1n) is 14.3. The third-order valence-electron chi connectivity index (χ3n) is 11.4. The van der Waals surface area contributed by atoms with Gasteiger partial charge in [-0.2, -0.15) is 0 Å². The molecule has 0 amide bonds. The third-order valence-corrected chi connectivity index (χ3v) is 11.4. The van der Waals surface area contributed by atoms with Crippen molar-refractivity contribution in [3.63, 3.8) is 0 Å². The molecule has 1 heterocycles. The summed E-state index contributed by atoms with van der Waals surface area (Å²) in [5.41, 5.74) is -2.79. The Bertz CT molecular complexity index is 983. The number of allylic oxidation sites excluding steroid dienone is 1. The van der Waals surface area contributed by atoms with Crippen molar-refractivity contribution < 1.29 is 34.7 Å². The summed E-state index contributed by atoms with van der Waals surface area (Å²) in [6, 6.07) is 0. The Labute approximate surface area is 221 Å². The zero-order valence-electron chi connectivity index (χ0n) is 23.7. The summed E-state index contributed by atoms with van der Waals surface area (Å²) in [6.45, 7) is 13.8. The Hall–Kier alpha value is -0.830. The van der Waals surface area contributed by atoms with Crippen LogP contribution in [0.3, 0.4) is 0 Å². The van der Waals surface area contributed by atoms with Gasteiger partial charge in [-0.25, -0.2) is 0 Å². The van der Waals surface area contributed by atoms with Crippen LogP contribution in [0.25, 0.3) is 0 Å². The number of fused-ring (bicyclic) bond motifs is 5. The molecule has 0 bridgehead atoms. The van der Waals surface area contributed by atoms with Gasteiger partial charge in [0.1, 0.15) is 0 Å². The molecule has 1 saturated heterocycles. The minimum absolute atomic E-state index is 0.000157. The zero-order chi connectivity index (χ0) is 27.4. The number of hydrogen-bond acceptors (Lipinski definition) is 7. The number of hydrogen-bond donors (Lipinski definition) is 4. The van der Waals surface area contributed by atoms with E-state index in [1.54, 1.807) is 6.08 Å². The molecule has 1 aliphatic heterocycles. The molecule has 4 aliphatic carbocycles. The fourth-order valence-corrected chi connectivity index (χ4v) is 9.49. The number of aliphatic hydroxyl groups excluding tert-OH is 2. The summed E-state index contributed by atoms with van der Waals surface area (Å²) < 4.78 is 13.1. The van der Waals surface area contributed by atoms with Crippen LogP contribution in [0.4, 0.5) is 0 Å². The molecule has 3 unspecified atom stereocenters. The van der Waals surface area contributed by atoms with Gasteiger partial charge in [-0.3, -0.25) is 4.79 Å². The van der Waals surface area contributed by atoms with E-state index in [9.17, 15) is 25.2 Å². The second-order valence-corrected chi connectivity index (χ2v) is 14.7. The molecule has 7 heteroatoms. The zero-order valence-corrected chi connectivity index (χ0v) is 23.7. The van der Waals surface area contributed by atoms with Crippen molar-refractivity contribution in [3.05, 3.63) is 11.6 Å². The van der Waals surface area contributed by atoms with E-state index in [-0.39, 0.29) is 36.1 Å².